The van der Waals surface area contributed by atoms with E-state index in [0.29, 0.717) is 24.7 Å². The molecule has 0 saturated carbocycles. The highest BCUT2D eigenvalue weighted by Gasteiger charge is 2.32. The lowest BCUT2D eigenvalue weighted by Gasteiger charge is -2.34. The van der Waals surface area contributed by atoms with Gasteiger partial charge in [-0.1, -0.05) is 0 Å². The molecule has 0 spiro atoms. The van der Waals surface area contributed by atoms with Crippen LogP contribution in [0.3, 0.4) is 0 Å². The van der Waals surface area contributed by atoms with Crippen LogP contribution in [0.25, 0.3) is 0 Å². The summed E-state index contributed by atoms with van der Waals surface area (Å²) in [5, 5.41) is 19.8. The van der Waals surface area contributed by atoms with Crippen molar-refractivity contribution in [1.82, 2.24) is 0 Å². The van der Waals surface area contributed by atoms with E-state index >= 15 is 0 Å². The molecule has 0 aliphatic carbocycles. The van der Waals surface area contributed by atoms with E-state index < -0.39 is 16.6 Å². The number of aryl methyl sites for hydroxylation is 4. The van der Waals surface area contributed by atoms with Crippen LogP contribution >= 0.6 is 0 Å². The lowest BCUT2D eigenvalue weighted by Crippen LogP contribution is -2.44. The molecule has 5 nitrogen and oxygen atoms in total. The summed E-state index contributed by atoms with van der Waals surface area (Å²) in [6.07, 6.45) is 1.93. The summed E-state index contributed by atoms with van der Waals surface area (Å²) in [5.41, 5.74) is 3.37. The van der Waals surface area contributed by atoms with E-state index in [0.717, 1.165) is 58.7 Å². The third-order valence-corrected chi connectivity index (χ3v) is 13.4. The fourth-order valence-electron chi connectivity index (χ4n) is 4.22. The van der Waals surface area contributed by atoms with Gasteiger partial charge in [-0.2, -0.15) is 0 Å². The molecule has 0 radical (unpaired) electrons. The highest BCUT2D eigenvalue weighted by molar-refractivity contribution is 6.84. The lowest BCUT2D eigenvalue weighted by atomic mass is 10.1. The third-order valence-electron chi connectivity index (χ3n) is 5.87. The van der Waals surface area contributed by atoms with Crippen LogP contribution < -0.4 is 9.47 Å². The molecule has 184 valence electrons. The van der Waals surface area contributed by atoms with Gasteiger partial charge < -0.3 is 23.8 Å². The first-order chi connectivity index (χ1) is 15.3. The quantitative estimate of drug-likeness (QED) is 0.248. The first-order valence-electron chi connectivity index (χ1n) is 11.9. The number of benzene rings is 2. The second kappa shape index (κ2) is 11.4. The third kappa shape index (κ3) is 8.72. The maximum absolute atomic E-state index is 9.90. The van der Waals surface area contributed by atoms with Crippen molar-refractivity contribution in [3.05, 3.63) is 46.5 Å². The number of ether oxygens (including phenoxy) is 2. The van der Waals surface area contributed by atoms with Gasteiger partial charge in [0.25, 0.3) is 0 Å². The second-order valence-electron chi connectivity index (χ2n) is 10.3. The largest absolute Gasteiger partial charge is 0.507 e. The average Bonchev–Trinajstić information content (AvgIpc) is 2.70. The van der Waals surface area contributed by atoms with Gasteiger partial charge in [-0.05, 0) is 125 Å². The van der Waals surface area contributed by atoms with Crippen molar-refractivity contribution in [3.8, 4) is 23.0 Å². The standard InChI is InChI=1S/C26H42O5Si2/c1-19-15-23(16-20(2)25(19)27)29-11-9-13-32(5,6)31-33(7,8)14-10-12-30-24-17-21(3)26(28)22(4)18-24/h15-18,27-28H,9-14H2,1-8H3. The van der Waals surface area contributed by atoms with Crippen molar-refractivity contribution in [2.24, 2.45) is 0 Å². The molecule has 0 amide bonds. The molecule has 2 rings (SSSR count). The van der Waals surface area contributed by atoms with Crippen molar-refractivity contribution in [2.75, 3.05) is 13.2 Å². The Morgan fingerprint density at radius 1 is 0.606 bits per heavy atom. The summed E-state index contributed by atoms with van der Waals surface area (Å²) >= 11 is 0. The van der Waals surface area contributed by atoms with Crippen LogP contribution in [0.5, 0.6) is 23.0 Å². The Morgan fingerprint density at radius 2 is 0.909 bits per heavy atom. The Hall–Kier alpha value is -1.97. The molecule has 2 N–H and O–H groups in total. The molecule has 2 aromatic rings. The first kappa shape index (κ1) is 27.3. The van der Waals surface area contributed by atoms with E-state index in [1.54, 1.807) is 0 Å². The molecule has 0 aliphatic rings. The summed E-state index contributed by atoms with van der Waals surface area (Å²) < 4.78 is 18.6. The monoisotopic (exact) mass is 490 g/mol. The number of phenolic OH excluding ortho intramolecular Hbond substituents is 2. The SMILES string of the molecule is Cc1cc(OCCC[Si](C)(C)O[Si](C)(C)CCCOc2cc(C)c(O)c(C)c2)cc(C)c1O. The fourth-order valence-corrected chi connectivity index (χ4v) is 13.0. The van der Waals surface area contributed by atoms with Gasteiger partial charge in [0.2, 0.25) is 0 Å². The minimum Gasteiger partial charge on any atom is -0.507 e. The van der Waals surface area contributed by atoms with Gasteiger partial charge >= 0.3 is 0 Å². The van der Waals surface area contributed by atoms with E-state index in [1.165, 1.54) is 0 Å². The number of phenols is 2. The predicted octanol–water partition coefficient (Wildman–Crippen LogP) is 7.00. The van der Waals surface area contributed by atoms with E-state index in [2.05, 4.69) is 26.2 Å². The van der Waals surface area contributed by atoms with Crippen molar-refractivity contribution in [2.45, 2.75) is 78.8 Å². The molecular formula is C26H42O5Si2. The summed E-state index contributed by atoms with van der Waals surface area (Å²) in [6, 6.07) is 9.67. The van der Waals surface area contributed by atoms with Crippen molar-refractivity contribution in [3.63, 3.8) is 0 Å². The molecule has 0 bridgehead atoms. The zero-order valence-electron chi connectivity index (χ0n) is 21.7. The average molecular weight is 491 g/mol. The van der Waals surface area contributed by atoms with Crippen molar-refractivity contribution in [1.29, 1.82) is 0 Å². The minimum atomic E-state index is -1.78. The molecule has 0 atom stereocenters. The summed E-state index contributed by atoms with van der Waals surface area (Å²) in [5.74, 6) is 2.32. The predicted molar refractivity (Wildman–Crippen MR) is 141 cm³/mol. The molecule has 2 aromatic carbocycles. The van der Waals surface area contributed by atoms with E-state index in [9.17, 15) is 10.2 Å². The normalized spacial score (nSPS) is 12.1. The van der Waals surface area contributed by atoms with Crippen LogP contribution in [0.4, 0.5) is 0 Å². The number of aromatic hydroxyl groups is 2. The molecular weight excluding hydrogens is 448 g/mol. The van der Waals surface area contributed by atoms with Crippen LogP contribution in [0, 0.1) is 27.7 Å². The molecule has 0 aromatic heterocycles. The zero-order chi connectivity index (χ0) is 24.8. The Kier molecular flexibility index (Phi) is 9.46. The van der Waals surface area contributed by atoms with Gasteiger partial charge in [-0.25, -0.2) is 0 Å². The Bertz CT molecular complexity index is 819. The van der Waals surface area contributed by atoms with Crippen LogP contribution in [-0.2, 0) is 4.12 Å². The van der Waals surface area contributed by atoms with Gasteiger partial charge in [0.15, 0.2) is 16.6 Å². The van der Waals surface area contributed by atoms with Crippen LogP contribution in [-0.4, -0.2) is 40.1 Å². The molecule has 0 saturated heterocycles. The maximum atomic E-state index is 9.90. The topological polar surface area (TPSA) is 68.2 Å². The van der Waals surface area contributed by atoms with Gasteiger partial charge in [0.1, 0.15) is 23.0 Å². The smallest absolute Gasteiger partial charge is 0.173 e. The maximum Gasteiger partial charge on any atom is 0.173 e. The summed E-state index contributed by atoms with van der Waals surface area (Å²) in [6.45, 7) is 18.1. The summed E-state index contributed by atoms with van der Waals surface area (Å²) in [7, 11) is -3.56. The number of hydrogen-bond acceptors (Lipinski definition) is 5. The van der Waals surface area contributed by atoms with Crippen LogP contribution in [0.1, 0.15) is 35.1 Å². The molecule has 33 heavy (non-hydrogen) atoms. The van der Waals surface area contributed by atoms with Gasteiger partial charge in [-0.15, -0.1) is 0 Å². The number of hydrogen-bond donors (Lipinski definition) is 2. The molecule has 0 aliphatic heterocycles. The zero-order valence-corrected chi connectivity index (χ0v) is 23.7. The lowest BCUT2D eigenvalue weighted by molar-refractivity contribution is 0.311. The van der Waals surface area contributed by atoms with Gasteiger partial charge in [0.05, 0.1) is 13.2 Å². The highest BCUT2D eigenvalue weighted by atomic mass is 28.4. The molecule has 7 heteroatoms. The Balaban J connectivity index is 1.73. The summed E-state index contributed by atoms with van der Waals surface area (Å²) in [4.78, 5) is 0. The van der Waals surface area contributed by atoms with E-state index in [4.69, 9.17) is 13.6 Å². The first-order valence-corrected chi connectivity index (χ1v) is 18.1. The Labute approximate surface area is 202 Å². The second-order valence-corrected chi connectivity index (χ2v) is 19.2. The molecule has 0 unspecified atom stereocenters. The van der Waals surface area contributed by atoms with Crippen molar-refractivity contribution < 1.29 is 23.8 Å². The minimum absolute atomic E-state index is 0.343. The van der Waals surface area contributed by atoms with Crippen molar-refractivity contribution >= 4 is 16.6 Å². The van der Waals surface area contributed by atoms with E-state index in [1.807, 2.05) is 52.0 Å². The van der Waals surface area contributed by atoms with E-state index in [-0.39, 0.29) is 0 Å². The molecule has 0 heterocycles. The highest BCUT2D eigenvalue weighted by Crippen LogP contribution is 2.29. The van der Waals surface area contributed by atoms with Gasteiger partial charge in [0, 0.05) is 0 Å². The van der Waals surface area contributed by atoms with Gasteiger partial charge in [-0.3, -0.25) is 0 Å². The Morgan fingerprint density at radius 3 is 1.21 bits per heavy atom. The van der Waals surface area contributed by atoms with Crippen LogP contribution in [0.15, 0.2) is 24.3 Å². The fraction of sp³-hybridized carbons (Fsp3) is 0.538. The number of rotatable bonds is 12. The van der Waals surface area contributed by atoms with Crippen LogP contribution in [0.2, 0.25) is 38.3 Å². The molecule has 0 fully saturated rings.